The first-order valence-corrected chi connectivity index (χ1v) is 10.5. The minimum Gasteiger partial charge on any atom is -0.315 e. The molecule has 0 spiro atoms. The van der Waals surface area contributed by atoms with Gasteiger partial charge in [-0.25, -0.2) is 0 Å². The molecule has 1 saturated heterocycles. The standard InChI is InChI=1S/C26H30N2/c1-2-21-9-11-24(12-10-21)26(28-19-6-17-27-18-20-28)25-15-13-23(14-16-25)22-7-4-3-5-8-22/h3-5,7-16,26-27H,2,6,17-20H2,1H3. The third-order valence-corrected chi connectivity index (χ3v) is 5.78. The Morgan fingerprint density at radius 1 is 0.750 bits per heavy atom. The van der Waals surface area contributed by atoms with E-state index in [4.69, 9.17) is 0 Å². The lowest BCUT2D eigenvalue weighted by atomic mass is 9.94. The molecule has 0 radical (unpaired) electrons. The normalized spacial score (nSPS) is 16.5. The van der Waals surface area contributed by atoms with Crippen LogP contribution in [-0.2, 0) is 6.42 Å². The van der Waals surface area contributed by atoms with Gasteiger partial charge in [0.2, 0.25) is 0 Å². The highest BCUT2D eigenvalue weighted by molar-refractivity contribution is 5.63. The van der Waals surface area contributed by atoms with Crippen LogP contribution < -0.4 is 5.32 Å². The Morgan fingerprint density at radius 2 is 1.39 bits per heavy atom. The molecule has 3 aromatic rings. The van der Waals surface area contributed by atoms with Crippen LogP contribution in [0.1, 0.15) is 36.1 Å². The Morgan fingerprint density at radius 3 is 2.07 bits per heavy atom. The molecule has 0 amide bonds. The molecule has 0 saturated carbocycles. The van der Waals surface area contributed by atoms with Crippen LogP contribution in [-0.4, -0.2) is 31.1 Å². The Labute approximate surface area is 169 Å². The molecule has 1 unspecified atom stereocenters. The van der Waals surface area contributed by atoms with Crippen molar-refractivity contribution >= 4 is 0 Å². The van der Waals surface area contributed by atoms with Crippen molar-refractivity contribution in [1.29, 1.82) is 0 Å². The number of aryl methyl sites for hydroxylation is 1. The second kappa shape index (κ2) is 9.18. The smallest absolute Gasteiger partial charge is 0.0602 e. The van der Waals surface area contributed by atoms with Crippen LogP contribution in [0.5, 0.6) is 0 Å². The van der Waals surface area contributed by atoms with E-state index in [1.807, 2.05) is 0 Å². The predicted octanol–water partition coefficient (Wildman–Crippen LogP) is 5.30. The van der Waals surface area contributed by atoms with E-state index < -0.39 is 0 Å². The van der Waals surface area contributed by atoms with Gasteiger partial charge in [-0.1, -0.05) is 85.8 Å². The largest absolute Gasteiger partial charge is 0.315 e. The molecule has 28 heavy (non-hydrogen) atoms. The molecule has 2 nitrogen and oxygen atoms in total. The summed E-state index contributed by atoms with van der Waals surface area (Å²) in [6, 6.07) is 29.4. The lowest BCUT2D eigenvalue weighted by molar-refractivity contribution is 0.241. The van der Waals surface area contributed by atoms with Gasteiger partial charge in [0.05, 0.1) is 6.04 Å². The molecule has 4 rings (SSSR count). The van der Waals surface area contributed by atoms with Crippen LogP contribution in [0, 0.1) is 0 Å². The highest BCUT2D eigenvalue weighted by atomic mass is 15.2. The number of hydrogen-bond acceptors (Lipinski definition) is 2. The summed E-state index contributed by atoms with van der Waals surface area (Å²) < 4.78 is 0. The monoisotopic (exact) mass is 370 g/mol. The maximum Gasteiger partial charge on any atom is 0.0602 e. The molecule has 3 aromatic carbocycles. The summed E-state index contributed by atoms with van der Waals surface area (Å²) in [5.41, 5.74) is 6.73. The van der Waals surface area contributed by atoms with Gasteiger partial charge in [-0.3, -0.25) is 4.90 Å². The fourth-order valence-corrected chi connectivity index (χ4v) is 4.16. The molecular formula is C26H30N2. The van der Waals surface area contributed by atoms with E-state index in [0.717, 1.165) is 32.6 Å². The van der Waals surface area contributed by atoms with Crippen molar-refractivity contribution in [1.82, 2.24) is 10.2 Å². The molecule has 1 fully saturated rings. The molecule has 1 N–H and O–H groups in total. The van der Waals surface area contributed by atoms with Crippen LogP contribution in [0.4, 0.5) is 0 Å². The van der Waals surface area contributed by atoms with Gasteiger partial charge in [-0.15, -0.1) is 0 Å². The zero-order chi connectivity index (χ0) is 19.2. The lowest BCUT2D eigenvalue weighted by Gasteiger charge is -2.31. The van der Waals surface area contributed by atoms with Gasteiger partial charge in [0, 0.05) is 19.6 Å². The van der Waals surface area contributed by atoms with E-state index in [1.165, 1.54) is 34.2 Å². The molecule has 1 aliphatic heterocycles. The van der Waals surface area contributed by atoms with Crippen molar-refractivity contribution in [3.8, 4) is 11.1 Å². The lowest BCUT2D eigenvalue weighted by Crippen LogP contribution is -2.33. The van der Waals surface area contributed by atoms with Gasteiger partial charge in [0.1, 0.15) is 0 Å². The highest BCUT2D eigenvalue weighted by Crippen LogP contribution is 2.31. The van der Waals surface area contributed by atoms with Gasteiger partial charge in [0.25, 0.3) is 0 Å². The molecule has 1 aliphatic rings. The van der Waals surface area contributed by atoms with Crippen molar-refractivity contribution in [2.24, 2.45) is 0 Å². The van der Waals surface area contributed by atoms with Crippen LogP contribution >= 0.6 is 0 Å². The van der Waals surface area contributed by atoms with Crippen molar-refractivity contribution in [2.75, 3.05) is 26.2 Å². The van der Waals surface area contributed by atoms with Crippen LogP contribution in [0.2, 0.25) is 0 Å². The van der Waals surface area contributed by atoms with Gasteiger partial charge >= 0.3 is 0 Å². The first kappa shape index (κ1) is 18.9. The van der Waals surface area contributed by atoms with E-state index >= 15 is 0 Å². The molecule has 0 bridgehead atoms. The third-order valence-electron chi connectivity index (χ3n) is 5.78. The average Bonchev–Trinajstić information content (AvgIpc) is 3.05. The molecule has 2 heteroatoms. The van der Waals surface area contributed by atoms with Crippen molar-refractivity contribution in [3.63, 3.8) is 0 Å². The Balaban J connectivity index is 1.67. The number of nitrogens with one attached hydrogen (secondary N) is 1. The third kappa shape index (κ3) is 4.35. The summed E-state index contributed by atoms with van der Waals surface area (Å²) in [6.07, 6.45) is 2.29. The summed E-state index contributed by atoms with van der Waals surface area (Å²) in [6.45, 7) is 6.61. The molecule has 144 valence electrons. The minimum absolute atomic E-state index is 0.315. The molecule has 0 aromatic heterocycles. The fourth-order valence-electron chi connectivity index (χ4n) is 4.16. The summed E-state index contributed by atoms with van der Waals surface area (Å²) in [5, 5.41) is 3.54. The fraction of sp³-hybridized carbons (Fsp3) is 0.308. The number of benzene rings is 3. The van der Waals surface area contributed by atoms with Crippen LogP contribution in [0.3, 0.4) is 0 Å². The van der Waals surface area contributed by atoms with Crippen LogP contribution in [0.25, 0.3) is 11.1 Å². The van der Waals surface area contributed by atoms with E-state index in [2.05, 4.69) is 96.0 Å². The maximum absolute atomic E-state index is 3.54. The van der Waals surface area contributed by atoms with Crippen LogP contribution in [0.15, 0.2) is 78.9 Å². The topological polar surface area (TPSA) is 15.3 Å². The SMILES string of the molecule is CCc1ccc(C(c2ccc(-c3ccccc3)cc2)N2CCCNCC2)cc1. The minimum atomic E-state index is 0.315. The molecule has 1 atom stereocenters. The first-order valence-electron chi connectivity index (χ1n) is 10.5. The Kier molecular flexibility index (Phi) is 6.20. The molecule has 0 aliphatic carbocycles. The average molecular weight is 371 g/mol. The highest BCUT2D eigenvalue weighted by Gasteiger charge is 2.23. The van der Waals surface area contributed by atoms with E-state index in [1.54, 1.807) is 0 Å². The van der Waals surface area contributed by atoms with Gasteiger partial charge in [-0.05, 0) is 47.2 Å². The Hall–Kier alpha value is -2.42. The summed E-state index contributed by atoms with van der Waals surface area (Å²) in [4.78, 5) is 2.64. The summed E-state index contributed by atoms with van der Waals surface area (Å²) >= 11 is 0. The van der Waals surface area contributed by atoms with Gasteiger partial charge < -0.3 is 5.32 Å². The summed E-state index contributed by atoms with van der Waals surface area (Å²) in [5.74, 6) is 0. The van der Waals surface area contributed by atoms with E-state index in [0.29, 0.717) is 6.04 Å². The van der Waals surface area contributed by atoms with E-state index in [9.17, 15) is 0 Å². The number of hydrogen-bond donors (Lipinski definition) is 1. The molecule has 1 heterocycles. The number of rotatable bonds is 5. The second-order valence-electron chi connectivity index (χ2n) is 7.63. The Bertz CT molecular complexity index is 845. The predicted molar refractivity (Wildman–Crippen MR) is 119 cm³/mol. The van der Waals surface area contributed by atoms with Crippen molar-refractivity contribution < 1.29 is 0 Å². The van der Waals surface area contributed by atoms with Gasteiger partial charge in [0.15, 0.2) is 0 Å². The van der Waals surface area contributed by atoms with Gasteiger partial charge in [-0.2, -0.15) is 0 Å². The zero-order valence-electron chi connectivity index (χ0n) is 16.8. The quantitative estimate of drug-likeness (QED) is 0.655. The summed E-state index contributed by atoms with van der Waals surface area (Å²) in [7, 11) is 0. The maximum atomic E-state index is 3.54. The zero-order valence-corrected chi connectivity index (χ0v) is 16.8. The first-order chi connectivity index (χ1) is 13.8. The van der Waals surface area contributed by atoms with E-state index in [-0.39, 0.29) is 0 Å². The molecular weight excluding hydrogens is 340 g/mol. The van der Waals surface area contributed by atoms with Crippen molar-refractivity contribution in [3.05, 3.63) is 95.6 Å². The van der Waals surface area contributed by atoms with Crippen molar-refractivity contribution in [2.45, 2.75) is 25.8 Å². The second-order valence-corrected chi connectivity index (χ2v) is 7.63. The number of nitrogens with zero attached hydrogens (tertiary/aromatic N) is 1.